The van der Waals surface area contributed by atoms with Crippen molar-refractivity contribution in [1.29, 1.82) is 0 Å². The zero-order valence-electron chi connectivity index (χ0n) is 13.4. The number of aromatic nitrogens is 2. The third-order valence-electron chi connectivity index (χ3n) is 3.36. The number of carbonyl (C=O) groups is 1. The van der Waals surface area contributed by atoms with Gasteiger partial charge in [0.15, 0.2) is 0 Å². The molecule has 0 N–H and O–H groups in total. The Kier molecular flexibility index (Phi) is 5.26. The number of carbonyl (C=O) groups excluding carboxylic acids is 1. The first-order valence-corrected chi connectivity index (χ1v) is 8.11. The summed E-state index contributed by atoms with van der Waals surface area (Å²) in [5.74, 6) is 1.61. The summed E-state index contributed by atoms with van der Waals surface area (Å²) in [5.41, 5.74) is -0.461. The Hall–Kier alpha value is -1.37. The van der Waals surface area contributed by atoms with Crippen LogP contribution in [0.1, 0.15) is 33.0 Å². The van der Waals surface area contributed by atoms with E-state index in [1.54, 1.807) is 18.2 Å². The fourth-order valence-corrected chi connectivity index (χ4v) is 2.73. The van der Waals surface area contributed by atoms with Crippen LogP contribution < -0.4 is 4.74 Å². The zero-order chi connectivity index (χ0) is 16.3. The minimum Gasteiger partial charge on any atom is -0.480 e. The Morgan fingerprint density at radius 3 is 2.86 bits per heavy atom. The lowest BCUT2D eigenvalue weighted by molar-refractivity contribution is 0.0288. The molecule has 2 rings (SSSR count). The van der Waals surface area contributed by atoms with E-state index in [4.69, 9.17) is 9.47 Å². The standard InChI is InChI=1S/C15H22BrN3O3/c1-15(2,3)22-14(20)19-6-5-10(9-19)7-12-17-8-11(16)13(18-12)21-4/h8,10H,5-7,9H2,1-4H3/t10-/m0/s1. The average Bonchev–Trinajstić information content (AvgIpc) is 2.87. The molecule has 1 aromatic heterocycles. The highest BCUT2D eigenvalue weighted by atomic mass is 79.9. The van der Waals surface area contributed by atoms with Crippen LogP contribution in [0.5, 0.6) is 5.88 Å². The van der Waals surface area contributed by atoms with Crippen molar-refractivity contribution in [3.8, 4) is 5.88 Å². The molecule has 0 radical (unpaired) electrons. The first kappa shape index (κ1) is 17.0. The third-order valence-corrected chi connectivity index (χ3v) is 3.91. The lowest BCUT2D eigenvalue weighted by Gasteiger charge is -2.24. The van der Waals surface area contributed by atoms with Gasteiger partial charge in [-0.1, -0.05) is 0 Å². The van der Waals surface area contributed by atoms with Crippen molar-refractivity contribution in [3.05, 3.63) is 16.5 Å². The smallest absolute Gasteiger partial charge is 0.410 e. The van der Waals surface area contributed by atoms with E-state index < -0.39 is 5.60 Å². The Bertz CT molecular complexity index is 545. The van der Waals surface area contributed by atoms with Gasteiger partial charge in [0.05, 0.1) is 11.6 Å². The number of halogens is 1. The summed E-state index contributed by atoms with van der Waals surface area (Å²) in [6.07, 6.45) is 3.11. The van der Waals surface area contributed by atoms with E-state index >= 15 is 0 Å². The van der Waals surface area contributed by atoms with Gasteiger partial charge in [0.25, 0.3) is 0 Å². The Morgan fingerprint density at radius 1 is 1.50 bits per heavy atom. The van der Waals surface area contributed by atoms with Crippen LogP contribution in [-0.2, 0) is 11.2 Å². The maximum atomic E-state index is 12.1. The average molecular weight is 372 g/mol. The van der Waals surface area contributed by atoms with Crippen LogP contribution in [0.15, 0.2) is 10.7 Å². The molecule has 0 aliphatic carbocycles. The molecule has 1 aliphatic heterocycles. The predicted octanol–water partition coefficient (Wildman–Crippen LogP) is 3.05. The summed E-state index contributed by atoms with van der Waals surface area (Å²) >= 11 is 3.34. The van der Waals surface area contributed by atoms with Gasteiger partial charge in [0.1, 0.15) is 11.4 Å². The maximum Gasteiger partial charge on any atom is 0.410 e. The topological polar surface area (TPSA) is 64.5 Å². The number of hydrogen-bond acceptors (Lipinski definition) is 5. The predicted molar refractivity (Wildman–Crippen MR) is 85.9 cm³/mol. The monoisotopic (exact) mass is 371 g/mol. The number of nitrogens with zero attached hydrogens (tertiary/aromatic N) is 3. The second-order valence-electron chi connectivity index (χ2n) is 6.43. The largest absolute Gasteiger partial charge is 0.480 e. The fraction of sp³-hybridized carbons (Fsp3) is 0.667. The van der Waals surface area contributed by atoms with Gasteiger partial charge in [-0.25, -0.2) is 9.78 Å². The number of rotatable bonds is 3. The SMILES string of the molecule is COc1nc(C[C@@H]2CCN(C(=O)OC(C)(C)C)C2)ncc1Br. The van der Waals surface area contributed by atoms with Gasteiger partial charge >= 0.3 is 6.09 Å². The molecule has 1 atom stereocenters. The minimum atomic E-state index is -0.461. The molecule has 0 aromatic carbocycles. The number of likely N-dealkylation sites (tertiary alicyclic amines) is 1. The quantitative estimate of drug-likeness (QED) is 0.816. The number of amides is 1. The van der Waals surface area contributed by atoms with Crippen molar-refractivity contribution in [3.63, 3.8) is 0 Å². The van der Waals surface area contributed by atoms with Crippen LogP contribution >= 0.6 is 15.9 Å². The van der Waals surface area contributed by atoms with Crippen LogP contribution in [0.3, 0.4) is 0 Å². The van der Waals surface area contributed by atoms with Gasteiger partial charge < -0.3 is 14.4 Å². The molecule has 2 heterocycles. The molecule has 0 bridgehead atoms. The van der Waals surface area contributed by atoms with E-state index in [2.05, 4.69) is 25.9 Å². The number of methoxy groups -OCH3 is 1. The van der Waals surface area contributed by atoms with E-state index in [0.717, 1.165) is 23.1 Å². The van der Waals surface area contributed by atoms with Crippen molar-refractivity contribution in [2.24, 2.45) is 5.92 Å². The van der Waals surface area contributed by atoms with Crippen molar-refractivity contribution >= 4 is 22.0 Å². The highest BCUT2D eigenvalue weighted by Crippen LogP contribution is 2.24. The first-order valence-electron chi connectivity index (χ1n) is 7.32. The number of ether oxygens (including phenoxy) is 2. The normalized spacial score (nSPS) is 18.4. The summed E-state index contributed by atoms with van der Waals surface area (Å²) in [7, 11) is 1.58. The van der Waals surface area contributed by atoms with E-state index in [1.807, 2.05) is 20.8 Å². The molecule has 1 fully saturated rings. The first-order chi connectivity index (χ1) is 10.3. The van der Waals surface area contributed by atoms with Crippen molar-refractivity contribution in [2.45, 2.75) is 39.2 Å². The Balaban J connectivity index is 1.92. The zero-order valence-corrected chi connectivity index (χ0v) is 15.0. The van der Waals surface area contributed by atoms with Crippen LogP contribution in [-0.4, -0.2) is 46.8 Å². The summed E-state index contributed by atoms with van der Waals surface area (Å²) in [6, 6.07) is 0. The van der Waals surface area contributed by atoms with Crippen LogP contribution in [0, 0.1) is 5.92 Å². The van der Waals surface area contributed by atoms with E-state index in [9.17, 15) is 4.79 Å². The van der Waals surface area contributed by atoms with Crippen molar-refractivity contribution in [1.82, 2.24) is 14.9 Å². The summed E-state index contributed by atoms with van der Waals surface area (Å²) < 4.78 is 11.3. The van der Waals surface area contributed by atoms with Gasteiger partial charge in [-0.15, -0.1) is 0 Å². The van der Waals surface area contributed by atoms with E-state index in [1.165, 1.54) is 0 Å². The molecule has 0 unspecified atom stereocenters. The molecule has 1 amide bonds. The number of hydrogen-bond donors (Lipinski definition) is 0. The molecular weight excluding hydrogens is 350 g/mol. The highest BCUT2D eigenvalue weighted by Gasteiger charge is 2.30. The van der Waals surface area contributed by atoms with Crippen LogP contribution in [0.25, 0.3) is 0 Å². The Morgan fingerprint density at radius 2 is 2.23 bits per heavy atom. The van der Waals surface area contributed by atoms with Crippen LogP contribution in [0.4, 0.5) is 4.79 Å². The molecule has 122 valence electrons. The van der Waals surface area contributed by atoms with E-state index in [0.29, 0.717) is 24.9 Å². The van der Waals surface area contributed by atoms with E-state index in [-0.39, 0.29) is 6.09 Å². The van der Waals surface area contributed by atoms with Crippen molar-refractivity contribution < 1.29 is 14.3 Å². The molecule has 1 saturated heterocycles. The summed E-state index contributed by atoms with van der Waals surface area (Å²) in [4.78, 5) is 22.5. The fourth-order valence-electron chi connectivity index (χ4n) is 2.38. The van der Waals surface area contributed by atoms with Gasteiger partial charge in [0, 0.05) is 25.7 Å². The highest BCUT2D eigenvalue weighted by molar-refractivity contribution is 9.10. The van der Waals surface area contributed by atoms with Gasteiger partial charge in [0.2, 0.25) is 5.88 Å². The lowest BCUT2D eigenvalue weighted by Crippen LogP contribution is -2.35. The van der Waals surface area contributed by atoms with Gasteiger partial charge in [-0.3, -0.25) is 0 Å². The molecule has 0 spiro atoms. The molecule has 6 nitrogen and oxygen atoms in total. The third kappa shape index (κ3) is 4.56. The lowest BCUT2D eigenvalue weighted by atomic mass is 10.0. The second-order valence-corrected chi connectivity index (χ2v) is 7.28. The van der Waals surface area contributed by atoms with Crippen LogP contribution in [0.2, 0.25) is 0 Å². The second kappa shape index (κ2) is 6.81. The molecule has 1 aromatic rings. The summed E-state index contributed by atoms with van der Waals surface area (Å²) in [6.45, 7) is 7.02. The molecule has 22 heavy (non-hydrogen) atoms. The molecule has 1 aliphatic rings. The van der Waals surface area contributed by atoms with Gasteiger partial charge in [-0.2, -0.15) is 4.98 Å². The maximum absolute atomic E-state index is 12.1. The molecule has 0 saturated carbocycles. The molecular formula is C15H22BrN3O3. The Labute approximate surface area is 139 Å². The molecule has 7 heteroatoms. The summed E-state index contributed by atoms with van der Waals surface area (Å²) in [5, 5.41) is 0. The minimum absolute atomic E-state index is 0.246. The van der Waals surface area contributed by atoms with Gasteiger partial charge in [-0.05, 0) is 49.0 Å². The van der Waals surface area contributed by atoms with Crippen molar-refractivity contribution in [2.75, 3.05) is 20.2 Å².